The van der Waals surface area contributed by atoms with E-state index >= 15 is 0 Å². The minimum Gasteiger partial charge on any atom is -0.330 e. The Balaban J connectivity index is 2.61. The fraction of sp³-hybridized carbons (Fsp3) is 0.833. The van der Waals surface area contributed by atoms with E-state index in [2.05, 4.69) is 32.9 Å². The zero-order valence-corrected chi connectivity index (χ0v) is 9.16. The molecule has 0 aliphatic heterocycles. The van der Waals surface area contributed by atoms with Crippen LogP contribution < -0.4 is 5.73 Å². The van der Waals surface area contributed by atoms with Gasteiger partial charge in [-0.1, -0.05) is 32.9 Å². The van der Waals surface area contributed by atoms with Crippen LogP contribution in [0.1, 0.15) is 33.6 Å². The predicted molar refractivity (Wildman–Crippen MR) is 58.4 cm³/mol. The first-order chi connectivity index (χ1) is 6.16. The van der Waals surface area contributed by atoms with E-state index in [4.69, 9.17) is 5.73 Å². The Labute approximate surface area is 82.4 Å². The highest BCUT2D eigenvalue weighted by Gasteiger charge is 2.27. The second-order valence-corrected chi connectivity index (χ2v) is 4.73. The maximum absolute atomic E-state index is 5.84. The summed E-state index contributed by atoms with van der Waals surface area (Å²) >= 11 is 0. The van der Waals surface area contributed by atoms with Crippen molar-refractivity contribution in [1.29, 1.82) is 0 Å². The minimum atomic E-state index is 0.708. The third-order valence-electron chi connectivity index (χ3n) is 3.49. The Morgan fingerprint density at radius 2 is 1.92 bits per heavy atom. The van der Waals surface area contributed by atoms with Crippen molar-refractivity contribution in [3.63, 3.8) is 0 Å². The van der Waals surface area contributed by atoms with Crippen molar-refractivity contribution in [2.45, 2.75) is 33.6 Å². The molecule has 0 amide bonds. The van der Waals surface area contributed by atoms with Gasteiger partial charge in [-0.3, -0.25) is 0 Å². The molecule has 0 bridgehead atoms. The van der Waals surface area contributed by atoms with E-state index in [1.807, 2.05) is 0 Å². The van der Waals surface area contributed by atoms with Gasteiger partial charge in [-0.05, 0) is 43.1 Å². The SMILES string of the molecule is CC(C)[C@H](CN)[C@H]1CC=CC[C@H]1C. The molecule has 3 atom stereocenters. The second-order valence-electron chi connectivity index (χ2n) is 4.73. The molecule has 0 unspecified atom stereocenters. The predicted octanol–water partition coefficient (Wildman–Crippen LogP) is 2.82. The minimum absolute atomic E-state index is 0.708. The summed E-state index contributed by atoms with van der Waals surface area (Å²) in [5, 5.41) is 0. The van der Waals surface area contributed by atoms with Gasteiger partial charge in [0.2, 0.25) is 0 Å². The van der Waals surface area contributed by atoms with Gasteiger partial charge in [0.1, 0.15) is 0 Å². The number of rotatable bonds is 3. The molecule has 13 heavy (non-hydrogen) atoms. The summed E-state index contributed by atoms with van der Waals surface area (Å²) in [4.78, 5) is 0. The molecule has 0 heterocycles. The zero-order chi connectivity index (χ0) is 9.84. The molecule has 1 aliphatic rings. The first-order valence-electron chi connectivity index (χ1n) is 5.51. The Kier molecular flexibility index (Phi) is 3.98. The van der Waals surface area contributed by atoms with Crippen LogP contribution in [-0.2, 0) is 0 Å². The Bertz CT molecular complexity index is 172. The maximum atomic E-state index is 5.84. The van der Waals surface area contributed by atoms with Crippen LogP contribution >= 0.6 is 0 Å². The number of allylic oxidation sites excluding steroid dienone is 2. The summed E-state index contributed by atoms with van der Waals surface area (Å²) in [7, 11) is 0. The third-order valence-corrected chi connectivity index (χ3v) is 3.49. The van der Waals surface area contributed by atoms with E-state index < -0.39 is 0 Å². The normalized spacial score (nSPS) is 30.8. The average Bonchev–Trinajstić information content (AvgIpc) is 2.09. The van der Waals surface area contributed by atoms with E-state index in [0.29, 0.717) is 5.92 Å². The molecule has 0 saturated heterocycles. The van der Waals surface area contributed by atoms with Gasteiger partial charge in [0.05, 0.1) is 0 Å². The van der Waals surface area contributed by atoms with E-state index in [9.17, 15) is 0 Å². The smallest absolute Gasteiger partial charge is 0.00436 e. The van der Waals surface area contributed by atoms with Gasteiger partial charge in [-0.15, -0.1) is 0 Å². The van der Waals surface area contributed by atoms with E-state index in [1.54, 1.807) is 0 Å². The van der Waals surface area contributed by atoms with Crippen LogP contribution in [0.25, 0.3) is 0 Å². The average molecular weight is 181 g/mol. The Morgan fingerprint density at radius 3 is 2.38 bits per heavy atom. The number of hydrogen-bond acceptors (Lipinski definition) is 1. The summed E-state index contributed by atoms with van der Waals surface area (Å²) < 4.78 is 0. The molecule has 2 N–H and O–H groups in total. The highest BCUT2D eigenvalue weighted by molar-refractivity contribution is 4.95. The van der Waals surface area contributed by atoms with Crippen LogP contribution in [0, 0.1) is 23.7 Å². The van der Waals surface area contributed by atoms with E-state index in [1.165, 1.54) is 12.8 Å². The molecule has 0 aromatic carbocycles. The first-order valence-corrected chi connectivity index (χ1v) is 5.51. The second kappa shape index (κ2) is 4.80. The van der Waals surface area contributed by atoms with Crippen LogP contribution in [0.5, 0.6) is 0 Å². The highest BCUT2D eigenvalue weighted by atomic mass is 14.6. The van der Waals surface area contributed by atoms with Gasteiger partial charge in [-0.25, -0.2) is 0 Å². The van der Waals surface area contributed by atoms with Gasteiger partial charge in [-0.2, -0.15) is 0 Å². The van der Waals surface area contributed by atoms with Crippen molar-refractivity contribution in [1.82, 2.24) is 0 Å². The number of hydrogen-bond donors (Lipinski definition) is 1. The lowest BCUT2D eigenvalue weighted by Crippen LogP contribution is -2.32. The topological polar surface area (TPSA) is 26.0 Å². The lowest BCUT2D eigenvalue weighted by Gasteiger charge is -2.34. The van der Waals surface area contributed by atoms with Gasteiger partial charge < -0.3 is 5.73 Å². The fourth-order valence-corrected chi connectivity index (χ4v) is 2.51. The maximum Gasteiger partial charge on any atom is -0.00436 e. The van der Waals surface area contributed by atoms with Crippen molar-refractivity contribution in [2.24, 2.45) is 29.4 Å². The zero-order valence-electron chi connectivity index (χ0n) is 9.16. The summed E-state index contributed by atoms with van der Waals surface area (Å²) in [6.07, 6.45) is 7.12. The molecule has 0 saturated carbocycles. The van der Waals surface area contributed by atoms with Crippen LogP contribution in [0.4, 0.5) is 0 Å². The molecule has 1 rings (SSSR count). The molecule has 1 aliphatic carbocycles. The van der Waals surface area contributed by atoms with Gasteiger partial charge in [0.15, 0.2) is 0 Å². The van der Waals surface area contributed by atoms with Crippen molar-refractivity contribution >= 4 is 0 Å². The number of nitrogens with two attached hydrogens (primary N) is 1. The van der Waals surface area contributed by atoms with Crippen LogP contribution in [0.3, 0.4) is 0 Å². The summed E-state index contributed by atoms with van der Waals surface area (Å²) in [6, 6.07) is 0. The summed E-state index contributed by atoms with van der Waals surface area (Å²) in [5.41, 5.74) is 5.84. The molecule has 0 fully saturated rings. The van der Waals surface area contributed by atoms with Crippen molar-refractivity contribution < 1.29 is 0 Å². The molecule has 1 nitrogen and oxygen atoms in total. The van der Waals surface area contributed by atoms with Gasteiger partial charge >= 0.3 is 0 Å². The quantitative estimate of drug-likeness (QED) is 0.666. The molecule has 0 spiro atoms. The Morgan fingerprint density at radius 1 is 1.31 bits per heavy atom. The fourth-order valence-electron chi connectivity index (χ4n) is 2.51. The standard InChI is InChI=1S/C12H23N/c1-9(2)12(8-13)11-7-5-4-6-10(11)3/h4-5,9-12H,6-8,13H2,1-3H3/t10-,11+,12+/m1/s1. The molecular formula is C12H23N. The van der Waals surface area contributed by atoms with E-state index in [-0.39, 0.29) is 0 Å². The third kappa shape index (κ3) is 2.57. The van der Waals surface area contributed by atoms with Crippen LogP contribution in [-0.4, -0.2) is 6.54 Å². The largest absolute Gasteiger partial charge is 0.330 e. The lowest BCUT2D eigenvalue weighted by molar-refractivity contribution is 0.188. The highest BCUT2D eigenvalue weighted by Crippen LogP contribution is 2.34. The summed E-state index contributed by atoms with van der Waals surface area (Å²) in [6.45, 7) is 7.80. The molecule has 0 aromatic rings. The van der Waals surface area contributed by atoms with Gasteiger partial charge in [0.25, 0.3) is 0 Å². The van der Waals surface area contributed by atoms with Crippen molar-refractivity contribution in [3.8, 4) is 0 Å². The monoisotopic (exact) mass is 181 g/mol. The molecule has 0 radical (unpaired) electrons. The van der Waals surface area contributed by atoms with Crippen molar-refractivity contribution in [2.75, 3.05) is 6.54 Å². The molecule has 0 aromatic heterocycles. The van der Waals surface area contributed by atoms with Crippen molar-refractivity contribution in [3.05, 3.63) is 12.2 Å². The lowest BCUT2D eigenvalue weighted by atomic mass is 9.72. The van der Waals surface area contributed by atoms with Crippen LogP contribution in [0.2, 0.25) is 0 Å². The van der Waals surface area contributed by atoms with E-state index in [0.717, 1.165) is 24.3 Å². The van der Waals surface area contributed by atoms with Crippen LogP contribution in [0.15, 0.2) is 12.2 Å². The van der Waals surface area contributed by atoms with Gasteiger partial charge in [0, 0.05) is 0 Å². The molecular weight excluding hydrogens is 158 g/mol. The Hall–Kier alpha value is -0.300. The molecule has 76 valence electrons. The molecule has 1 heteroatoms. The first kappa shape index (κ1) is 10.8. The summed E-state index contributed by atoms with van der Waals surface area (Å²) in [5.74, 6) is 3.07.